The molecule has 1 aliphatic heterocycles. The molecule has 86 valence electrons. The summed E-state index contributed by atoms with van der Waals surface area (Å²) in [6.45, 7) is 4.77. The minimum Gasteiger partial charge on any atom is -0.378 e. The van der Waals surface area contributed by atoms with Gasteiger partial charge in [0.1, 0.15) is 5.69 Å². The zero-order chi connectivity index (χ0) is 11.7. The SMILES string of the molecule is CC1CNc2c(cccc2[N+](=O)[O-])C(C)N1. The van der Waals surface area contributed by atoms with E-state index in [1.54, 1.807) is 6.07 Å². The third kappa shape index (κ3) is 1.86. The quantitative estimate of drug-likeness (QED) is 0.562. The summed E-state index contributed by atoms with van der Waals surface area (Å²) in [5.74, 6) is 0. The lowest BCUT2D eigenvalue weighted by atomic mass is 10.1. The maximum atomic E-state index is 10.9. The van der Waals surface area contributed by atoms with Gasteiger partial charge in [0.25, 0.3) is 5.69 Å². The van der Waals surface area contributed by atoms with Gasteiger partial charge in [0.15, 0.2) is 0 Å². The molecule has 0 bridgehead atoms. The van der Waals surface area contributed by atoms with E-state index in [0.717, 1.165) is 5.56 Å². The molecule has 5 nitrogen and oxygen atoms in total. The Morgan fingerprint density at radius 3 is 2.88 bits per heavy atom. The van der Waals surface area contributed by atoms with Gasteiger partial charge in [-0.3, -0.25) is 10.1 Å². The molecule has 0 amide bonds. The van der Waals surface area contributed by atoms with Crippen LogP contribution in [0.1, 0.15) is 25.5 Å². The van der Waals surface area contributed by atoms with Crippen molar-refractivity contribution in [3.05, 3.63) is 33.9 Å². The average Bonchev–Trinajstić information content (AvgIpc) is 2.38. The van der Waals surface area contributed by atoms with E-state index < -0.39 is 0 Å². The largest absolute Gasteiger partial charge is 0.378 e. The van der Waals surface area contributed by atoms with Crippen LogP contribution in [0.3, 0.4) is 0 Å². The first-order valence-electron chi connectivity index (χ1n) is 5.37. The molecule has 2 N–H and O–H groups in total. The molecule has 1 aromatic rings. The number of para-hydroxylation sites is 1. The first-order valence-corrected chi connectivity index (χ1v) is 5.37. The Bertz CT molecular complexity index is 420. The van der Waals surface area contributed by atoms with Gasteiger partial charge in [-0.25, -0.2) is 0 Å². The lowest BCUT2D eigenvalue weighted by Crippen LogP contribution is -2.31. The van der Waals surface area contributed by atoms with Crippen molar-refractivity contribution < 1.29 is 4.92 Å². The van der Waals surface area contributed by atoms with E-state index in [1.807, 2.05) is 13.0 Å². The van der Waals surface area contributed by atoms with Crippen LogP contribution in [0.4, 0.5) is 11.4 Å². The molecule has 0 aliphatic carbocycles. The molecular formula is C11H15N3O2. The number of hydrogen-bond donors (Lipinski definition) is 2. The molecule has 2 atom stereocenters. The van der Waals surface area contributed by atoms with Crippen molar-refractivity contribution in [1.29, 1.82) is 0 Å². The molecule has 1 heterocycles. The van der Waals surface area contributed by atoms with Crippen LogP contribution < -0.4 is 10.6 Å². The molecule has 1 aliphatic rings. The number of benzene rings is 1. The van der Waals surface area contributed by atoms with Crippen molar-refractivity contribution in [2.75, 3.05) is 11.9 Å². The maximum absolute atomic E-state index is 10.9. The predicted molar refractivity (Wildman–Crippen MR) is 62.6 cm³/mol. The smallest absolute Gasteiger partial charge is 0.292 e. The van der Waals surface area contributed by atoms with Gasteiger partial charge in [0.2, 0.25) is 0 Å². The van der Waals surface area contributed by atoms with E-state index in [-0.39, 0.29) is 16.7 Å². The van der Waals surface area contributed by atoms with Crippen LogP contribution in [-0.2, 0) is 0 Å². The number of nitrogens with one attached hydrogen (secondary N) is 2. The molecule has 1 aromatic carbocycles. The number of nitrogens with zero attached hydrogens (tertiary/aromatic N) is 1. The summed E-state index contributed by atoms with van der Waals surface area (Å²) >= 11 is 0. The van der Waals surface area contributed by atoms with Crippen LogP contribution in [0.15, 0.2) is 18.2 Å². The zero-order valence-corrected chi connectivity index (χ0v) is 9.36. The highest BCUT2D eigenvalue weighted by molar-refractivity contribution is 5.67. The summed E-state index contributed by atoms with van der Waals surface area (Å²) in [7, 11) is 0. The van der Waals surface area contributed by atoms with Crippen molar-refractivity contribution in [2.24, 2.45) is 0 Å². The first kappa shape index (κ1) is 10.9. The number of hydrogen-bond acceptors (Lipinski definition) is 4. The molecule has 0 saturated carbocycles. The van der Waals surface area contributed by atoms with E-state index in [9.17, 15) is 10.1 Å². The van der Waals surface area contributed by atoms with Crippen LogP contribution in [-0.4, -0.2) is 17.5 Å². The van der Waals surface area contributed by atoms with Crippen molar-refractivity contribution in [2.45, 2.75) is 25.9 Å². The average molecular weight is 221 g/mol. The number of nitro benzene ring substituents is 1. The fourth-order valence-corrected chi connectivity index (χ4v) is 2.09. The van der Waals surface area contributed by atoms with Gasteiger partial charge >= 0.3 is 0 Å². The molecule has 0 spiro atoms. The van der Waals surface area contributed by atoms with Gasteiger partial charge in [-0.05, 0) is 19.4 Å². The molecule has 2 unspecified atom stereocenters. The third-order valence-corrected chi connectivity index (χ3v) is 2.86. The topological polar surface area (TPSA) is 67.2 Å². The van der Waals surface area contributed by atoms with Gasteiger partial charge in [-0.2, -0.15) is 0 Å². The van der Waals surface area contributed by atoms with Crippen molar-refractivity contribution >= 4 is 11.4 Å². The van der Waals surface area contributed by atoms with Gasteiger partial charge < -0.3 is 10.6 Å². The van der Waals surface area contributed by atoms with E-state index in [1.165, 1.54) is 6.07 Å². The number of rotatable bonds is 1. The Morgan fingerprint density at radius 1 is 1.44 bits per heavy atom. The van der Waals surface area contributed by atoms with Crippen molar-refractivity contribution in [1.82, 2.24) is 5.32 Å². The Labute approximate surface area is 94.0 Å². The Balaban J connectivity index is 2.50. The van der Waals surface area contributed by atoms with Crippen LogP contribution in [0.25, 0.3) is 0 Å². The molecular weight excluding hydrogens is 206 g/mol. The van der Waals surface area contributed by atoms with E-state index in [4.69, 9.17) is 0 Å². The molecule has 16 heavy (non-hydrogen) atoms. The van der Waals surface area contributed by atoms with E-state index in [2.05, 4.69) is 17.6 Å². The summed E-state index contributed by atoms with van der Waals surface area (Å²) in [6, 6.07) is 5.61. The van der Waals surface area contributed by atoms with Gasteiger partial charge in [-0.15, -0.1) is 0 Å². The van der Waals surface area contributed by atoms with E-state index in [0.29, 0.717) is 18.3 Å². The van der Waals surface area contributed by atoms with E-state index >= 15 is 0 Å². The zero-order valence-electron chi connectivity index (χ0n) is 9.36. The Hall–Kier alpha value is -1.62. The number of fused-ring (bicyclic) bond motifs is 1. The Morgan fingerprint density at radius 2 is 2.19 bits per heavy atom. The minimum atomic E-state index is -0.339. The molecule has 2 rings (SSSR count). The van der Waals surface area contributed by atoms with Crippen LogP contribution >= 0.6 is 0 Å². The van der Waals surface area contributed by atoms with Crippen LogP contribution in [0, 0.1) is 10.1 Å². The second kappa shape index (κ2) is 4.09. The van der Waals surface area contributed by atoms with Gasteiger partial charge in [-0.1, -0.05) is 12.1 Å². The highest BCUT2D eigenvalue weighted by Gasteiger charge is 2.24. The molecule has 0 aromatic heterocycles. The second-order valence-corrected chi connectivity index (χ2v) is 4.17. The summed E-state index contributed by atoms with van der Waals surface area (Å²) in [5.41, 5.74) is 1.76. The van der Waals surface area contributed by atoms with Gasteiger partial charge in [0.05, 0.1) is 4.92 Å². The Kier molecular flexibility index (Phi) is 2.78. The summed E-state index contributed by atoms with van der Waals surface area (Å²) in [5, 5.41) is 17.4. The standard InChI is InChI=1S/C11H15N3O2/c1-7-6-12-11-9(8(2)13-7)4-3-5-10(11)14(15)16/h3-5,7-8,12-13H,6H2,1-2H3. The van der Waals surface area contributed by atoms with Crippen LogP contribution in [0.2, 0.25) is 0 Å². The monoisotopic (exact) mass is 221 g/mol. The van der Waals surface area contributed by atoms with Gasteiger partial charge in [0, 0.05) is 24.7 Å². The molecule has 0 radical (unpaired) electrons. The predicted octanol–water partition coefficient (Wildman–Crippen LogP) is 2.06. The van der Waals surface area contributed by atoms with Crippen LogP contribution in [0.5, 0.6) is 0 Å². The first-order chi connectivity index (χ1) is 7.59. The maximum Gasteiger partial charge on any atom is 0.292 e. The highest BCUT2D eigenvalue weighted by Crippen LogP contribution is 2.33. The summed E-state index contributed by atoms with van der Waals surface area (Å²) in [4.78, 5) is 10.6. The third-order valence-electron chi connectivity index (χ3n) is 2.86. The molecule has 5 heteroatoms. The van der Waals surface area contributed by atoms with Crippen molar-refractivity contribution in [3.8, 4) is 0 Å². The molecule has 0 saturated heterocycles. The summed E-state index contributed by atoms with van der Waals surface area (Å²) < 4.78 is 0. The molecule has 0 fully saturated rings. The number of nitro groups is 1. The lowest BCUT2D eigenvalue weighted by molar-refractivity contribution is -0.384. The fourth-order valence-electron chi connectivity index (χ4n) is 2.09. The fraction of sp³-hybridized carbons (Fsp3) is 0.455. The summed E-state index contributed by atoms with van der Waals surface area (Å²) in [6.07, 6.45) is 0. The second-order valence-electron chi connectivity index (χ2n) is 4.17. The highest BCUT2D eigenvalue weighted by atomic mass is 16.6. The normalized spacial score (nSPS) is 24.1. The number of anilines is 1. The van der Waals surface area contributed by atoms with Crippen molar-refractivity contribution in [3.63, 3.8) is 0 Å². The minimum absolute atomic E-state index is 0.125. The lowest BCUT2D eigenvalue weighted by Gasteiger charge is -2.15.